The summed E-state index contributed by atoms with van der Waals surface area (Å²) in [5.41, 5.74) is 8.72. The van der Waals surface area contributed by atoms with Gasteiger partial charge in [0.1, 0.15) is 16.9 Å². The Labute approximate surface area is 171 Å². The quantitative estimate of drug-likeness (QED) is 0.680. The van der Waals surface area contributed by atoms with Crippen molar-refractivity contribution < 1.29 is 4.79 Å². The lowest BCUT2D eigenvalue weighted by Crippen LogP contribution is -2.30. The molecular weight excluding hydrogens is 394 g/mol. The molecule has 1 amide bonds. The van der Waals surface area contributed by atoms with Crippen LogP contribution in [0.4, 0.5) is 16.5 Å². The van der Waals surface area contributed by atoms with E-state index in [0.29, 0.717) is 33.4 Å². The molecule has 3 heterocycles. The Kier molecular flexibility index (Phi) is 4.90. The van der Waals surface area contributed by atoms with Gasteiger partial charge in [0, 0.05) is 28.3 Å². The molecule has 8 heteroatoms. The van der Waals surface area contributed by atoms with Crippen LogP contribution in [0.15, 0.2) is 42.6 Å². The first-order valence-corrected chi connectivity index (χ1v) is 9.82. The number of amides is 1. The summed E-state index contributed by atoms with van der Waals surface area (Å²) < 4.78 is 0. The van der Waals surface area contributed by atoms with Crippen molar-refractivity contribution in [3.8, 4) is 6.07 Å². The van der Waals surface area contributed by atoms with Crippen LogP contribution in [0.3, 0.4) is 0 Å². The predicted molar refractivity (Wildman–Crippen MR) is 112 cm³/mol. The number of benzene rings is 1. The molecule has 0 saturated carbocycles. The lowest BCUT2D eigenvalue weighted by molar-refractivity contribution is 0.102. The lowest BCUT2D eigenvalue weighted by atomic mass is 10.0. The van der Waals surface area contributed by atoms with E-state index in [1.54, 1.807) is 36.5 Å². The molecule has 1 aliphatic rings. The normalized spacial score (nSPS) is 12.9. The van der Waals surface area contributed by atoms with Crippen LogP contribution < -0.4 is 16.0 Å². The van der Waals surface area contributed by atoms with Crippen LogP contribution in [0.25, 0.3) is 0 Å². The number of thiophene rings is 1. The van der Waals surface area contributed by atoms with Crippen molar-refractivity contribution in [2.24, 2.45) is 0 Å². The maximum absolute atomic E-state index is 12.4. The fourth-order valence-corrected chi connectivity index (χ4v) is 4.49. The number of nitrogen functional groups attached to an aromatic ring is 1. The van der Waals surface area contributed by atoms with Gasteiger partial charge in [-0.1, -0.05) is 17.7 Å². The van der Waals surface area contributed by atoms with E-state index in [1.165, 1.54) is 11.3 Å². The molecule has 0 aliphatic carbocycles. The largest absolute Gasteiger partial charge is 0.389 e. The van der Waals surface area contributed by atoms with Crippen LogP contribution >= 0.6 is 22.9 Å². The smallest absolute Gasteiger partial charge is 0.257 e. The molecule has 0 fully saturated rings. The number of nitrogens with one attached hydrogen (secondary N) is 1. The van der Waals surface area contributed by atoms with Crippen molar-refractivity contribution in [3.05, 3.63) is 69.2 Å². The minimum absolute atomic E-state index is 0.244. The van der Waals surface area contributed by atoms with E-state index < -0.39 is 0 Å². The molecule has 140 valence electrons. The van der Waals surface area contributed by atoms with Gasteiger partial charge in [-0.05, 0) is 42.3 Å². The number of anilines is 3. The first-order valence-electron chi connectivity index (χ1n) is 8.63. The van der Waals surface area contributed by atoms with Gasteiger partial charge in [0.15, 0.2) is 0 Å². The molecule has 2 aromatic heterocycles. The van der Waals surface area contributed by atoms with Crippen LogP contribution in [-0.2, 0) is 13.0 Å². The number of carbonyl (C=O) groups is 1. The first-order chi connectivity index (χ1) is 13.5. The highest BCUT2D eigenvalue weighted by Crippen LogP contribution is 2.35. The molecule has 3 N–H and O–H groups in total. The summed E-state index contributed by atoms with van der Waals surface area (Å²) in [5, 5.41) is 13.2. The molecule has 1 aliphatic heterocycles. The summed E-state index contributed by atoms with van der Waals surface area (Å²) >= 11 is 7.40. The Hall–Kier alpha value is -3.08. The standard InChI is InChI=1S/C20H16ClN5OS/c21-13-2-1-3-14(8-13)25-20(27)12-4-5-18(24-10-12)26-7-6-15-16(9-22)19(23)28-17(15)11-26/h1-5,8,10H,6-7,11,23H2,(H,25,27). The molecule has 28 heavy (non-hydrogen) atoms. The zero-order chi connectivity index (χ0) is 19.7. The van der Waals surface area contributed by atoms with Gasteiger partial charge in [0.05, 0.1) is 17.7 Å². The molecule has 3 aromatic rings. The Balaban J connectivity index is 1.47. The molecule has 0 saturated heterocycles. The predicted octanol–water partition coefficient (Wildman–Crippen LogP) is 4.07. The molecule has 1 aromatic carbocycles. The van der Waals surface area contributed by atoms with E-state index in [9.17, 15) is 10.1 Å². The van der Waals surface area contributed by atoms with Crippen LogP contribution in [0, 0.1) is 11.3 Å². The lowest BCUT2D eigenvalue weighted by Gasteiger charge is -2.28. The van der Waals surface area contributed by atoms with Gasteiger partial charge in [-0.25, -0.2) is 4.98 Å². The van der Waals surface area contributed by atoms with Gasteiger partial charge in [-0.2, -0.15) is 5.26 Å². The topological polar surface area (TPSA) is 95.0 Å². The fraction of sp³-hybridized carbons (Fsp3) is 0.150. The molecule has 0 spiro atoms. The van der Waals surface area contributed by atoms with E-state index in [4.69, 9.17) is 17.3 Å². The third-order valence-corrected chi connectivity index (χ3v) is 5.89. The number of halogens is 1. The summed E-state index contributed by atoms with van der Waals surface area (Å²) in [6.07, 6.45) is 2.32. The number of nitrogens with two attached hydrogens (primary N) is 1. The third kappa shape index (κ3) is 3.52. The van der Waals surface area contributed by atoms with Crippen molar-refractivity contribution in [1.82, 2.24) is 4.98 Å². The number of nitrogens with zero attached hydrogens (tertiary/aromatic N) is 3. The highest BCUT2D eigenvalue weighted by molar-refractivity contribution is 7.16. The highest BCUT2D eigenvalue weighted by atomic mass is 35.5. The number of fused-ring (bicyclic) bond motifs is 1. The SMILES string of the molecule is N#Cc1c(N)sc2c1CCN(c1ccc(C(=O)Nc3cccc(Cl)c3)cn1)C2. The second-order valence-corrected chi connectivity index (χ2v) is 7.97. The molecule has 0 atom stereocenters. The third-order valence-electron chi connectivity index (χ3n) is 4.61. The zero-order valence-electron chi connectivity index (χ0n) is 14.8. The average molecular weight is 410 g/mol. The van der Waals surface area contributed by atoms with Crippen molar-refractivity contribution in [2.45, 2.75) is 13.0 Å². The molecule has 0 bridgehead atoms. The van der Waals surface area contributed by atoms with Crippen LogP contribution in [0.1, 0.15) is 26.4 Å². The Morgan fingerprint density at radius 1 is 1.36 bits per heavy atom. The first kappa shape index (κ1) is 18.3. The summed E-state index contributed by atoms with van der Waals surface area (Å²) in [4.78, 5) is 20.1. The number of aromatic nitrogens is 1. The highest BCUT2D eigenvalue weighted by Gasteiger charge is 2.24. The minimum Gasteiger partial charge on any atom is -0.389 e. The van der Waals surface area contributed by atoms with E-state index in [0.717, 1.165) is 29.2 Å². The van der Waals surface area contributed by atoms with Crippen LogP contribution in [0.2, 0.25) is 5.02 Å². The zero-order valence-corrected chi connectivity index (χ0v) is 16.3. The van der Waals surface area contributed by atoms with Crippen molar-refractivity contribution in [2.75, 3.05) is 22.5 Å². The molecule has 0 unspecified atom stereocenters. The van der Waals surface area contributed by atoms with Gasteiger partial charge < -0.3 is 16.0 Å². The van der Waals surface area contributed by atoms with E-state index in [-0.39, 0.29) is 5.91 Å². The summed E-state index contributed by atoms with van der Waals surface area (Å²) in [6.45, 7) is 1.41. The minimum atomic E-state index is -0.244. The average Bonchev–Trinajstić information content (AvgIpc) is 3.02. The molecule has 6 nitrogen and oxygen atoms in total. The van der Waals surface area contributed by atoms with Crippen molar-refractivity contribution in [1.29, 1.82) is 5.26 Å². The number of hydrogen-bond acceptors (Lipinski definition) is 6. The fourth-order valence-electron chi connectivity index (χ4n) is 3.22. The monoisotopic (exact) mass is 409 g/mol. The Bertz CT molecular complexity index is 1090. The second-order valence-electron chi connectivity index (χ2n) is 6.40. The Morgan fingerprint density at radius 3 is 2.93 bits per heavy atom. The number of nitriles is 1. The number of hydrogen-bond donors (Lipinski definition) is 2. The summed E-state index contributed by atoms with van der Waals surface area (Å²) in [5.74, 6) is 0.544. The molecule has 4 rings (SSSR count). The van der Waals surface area contributed by atoms with E-state index in [1.807, 2.05) is 6.07 Å². The summed E-state index contributed by atoms with van der Waals surface area (Å²) in [6, 6.07) is 12.8. The maximum atomic E-state index is 12.4. The number of carbonyl (C=O) groups excluding carboxylic acids is 1. The number of rotatable bonds is 3. The second kappa shape index (κ2) is 7.50. The maximum Gasteiger partial charge on any atom is 0.257 e. The van der Waals surface area contributed by atoms with Gasteiger partial charge >= 0.3 is 0 Å². The number of pyridine rings is 1. The van der Waals surface area contributed by atoms with Gasteiger partial charge in [-0.15, -0.1) is 11.3 Å². The van der Waals surface area contributed by atoms with Crippen molar-refractivity contribution in [3.63, 3.8) is 0 Å². The van der Waals surface area contributed by atoms with Crippen molar-refractivity contribution >= 4 is 45.4 Å². The summed E-state index contributed by atoms with van der Waals surface area (Å²) in [7, 11) is 0. The van der Waals surface area contributed by atoms with E-state index >= 15 is 0 Å². The van der Waals surface area contributed by atoms with Gasteiger partial charge in [0.2, 0.25) is 0 Å². The van der Waals surface area contributed by atoms with E-state index in [2.05, 4.69) is 21.3 Å². The molecular formula is C20H16ClN5OS. The molecule has 0 radical (unpaired) electrons. The van der Waals surface area contributed by atoms with Gasteiger partial charge in [0.25, 0.3) is 5.91 Å². The Morgan fingerprint density at radius 2 is 2.21 bits per heavy atom. The van der Waals surface area contributed by atoms with Crippen LogP contribution in [0.5, 0.6) is 0 Å². The van der Waals surface area contributed by atoms with Gasteiger partial charge in [-0.3, -0.25) is 4.79 Å². The van der Waals surface area contributed by atoms with Crippen LogP contribution in [-0.4, -0.2) is 17.4 Å².